The van der Waals surface area contributed by atoms with Gasteiger partial charge in [-0.15, -0.1) is 0 Å². The molecular weight excluding hydrogens is 382 g/mol. The van der Waals surface area contributed by atoms with E-state index >= 15 is 0 Å². The first-order valence-corrected chi connectivity index (χ1v) is 10.5. The van der Waals surface area contributed by atoms with Crippen LogP contribution in [0.1, 0.15) is 60.0 Å². The smallest absolute Gasteiger partial charge is 0.272 e. The Labute approximate surface area is 175 Å². The molecule has 8 heteroatoms. The molecular formula is C22H27N5O3. The molecule has 1 saturated heterocycles. The largest absolute Gasteiger partial charge is 0.376 e. The second kappa shape index (κ2) is 9.67. The summed E-state index contributed by atoms with van der Waals surface area (Å²) in [7, 11) is 0. The summed E-state index contributed by atoms with van der Waals surface area (Å²) in [5.41, 5.74) is 1.73. The number of rotatable bonds is 8. The molecule has 1 atom stereocenters. The topological polar surface area (TPSA) is 86.3 Å². The van der Waals surface area contributed by atoms with E-state index in [1.807, 2.05) is 42.2 Å². The van der Waals surface area contributed by atoms with Gasteiger partial charge in [0.15, 0.2) is 5.82 Å². The third-order valence-corrected chi connectivity index (χ3v) is 5.35. The predicted molar refractivity (Wildman–Crippen MR) is 110 cm³/mol. The van der Waals surface area contributed by atoms with Gasteiger partial charge in [-0.05, 0) is 37.8 Å². The molecule has 3 heterocycles. The number of piperidine rings is 1. The van der Waals surface area contributed by atoms with Crippen molar-refractivity contribution in [3.63, 3.8) is 0 Å². The number of likely N-dealkylation sites (tertiary alicyclic amines) is 1. The first-order valence-electron chi connectivity index (χ1n) is 10.5. The lowest BCUT2D eigenvalue weighted by Crippen LogP contribution is -2.39. The van der Waals surface area contributed by atoms with Crippen molar-refractivity contribution in [2.75, 3.05) is 13.2 Å². The van der Waals surface area contributed by atoms with E-state index in [0.717, 1.165) is 24.8 Å². The molecule has 0 aliphatic carbocycles. The maximum atomic E-state index is 13.1. The zero-order chi connectivity index (χ0) is 20.8. The molecule has 0 radical (unpaired) electrons. The van der Waals surface area contributed by atoms with Gasteiger partial charge in [0.05, 0.1) is 13.2 Å². The maximum Gasteiger partial charge on any atom is 0.272 e. The molecule has 8 nitrogen and oxygen atoms in total. The molecule has 2 aromatic heterocycles. The van der Waals surface area contributed by atoms with E-state index in [2.05, 4.69) is 15.2 Å². The fourth-order valence-corrected chi connectivity index (χ4v) is 3.78. The van der Waals surface area contributed by atoms with E-state index in [1.165, 1.54) is 0 Å². The summed E-state index contributed by atoms with van der Waals surface area (Å²) >= 11 is 0. The van der Waals surface area contributed by atoms with Gasteiger partial charge < -0.3 is 14.2 Å². The van der Waals surface area contributed by atoms with Gasteiger partial charge in [0, 0.05) is 25.7 Å². The Balaban J connectivity index is 1.37. The highest BCUT2D eigenvalue weighted by atomic mass is 16.5. The average Bonchev–Trinajstić information content (AvgIpc) is 3.46. The zero-order valence-corrected chi connectivity index (χ0v) is 17.2. The zero-order valence-electron chi connectivity index (χ0n) is 17.2. The van der Waals surface area contributed by atoms with Crippen molar-refractivity contribution >= 4 is 5.91 Å². The van der Waals surface area contributed by atoms with E-state index in [4.69, 9.17) is 9.26 Å². The van der Waals surface area contributed by atoms with Gasteiger partial charge >= 0.3 is 0 Å². The summed E-state index contributed by atoms with van der Waals surface area (Å²) in [5, 5.41) is 8.32. The third-order valence-electron chi connectivity index (χ3n) is 5.35. The molecule has 1 aromatic carbocycles. The molecule has 0 saturated carbocycles. The molecule has 0 spiro atoms. The van der Waals surface area contributed by atoms with Gasteiger partial charge in [0.1, 0.15) is 11.7 Å². The van der Waals surface area contributed by atoms with Crippen LogP contribution in [-0.4, -0.2) is 43.9 Å². The Morgan fingerprint density at radius 3 is 2.93 bits per heavy atom. The second-order valence-corrected chi connectivity index (χ2v) is 7.38. The number of aromatic nitrogens is 4. The van der Waals surface area contributed by atoms with Crippen LogP contribution in [-0.2, 0) is 24.3 Å². The van der Waals surface area contributed by atoms with Crippen molar-refractivity contribution in [1.29, 1.82) is 0 Å². The van der Waals surface area contributed by atoms with E-state index in [-0.39, 0.29) is 11.9 Å². The number of ether oxygens (including phenoxy) is 1. The van der Waals surface area contributed by atoms with Gasteiger partial charge in [0.2, 0.25) is 5.89 Å². The summed E-state index contributed by atoms with van der Waals surface area (Å²) in [4.78, 5) is 19.5. The molecule has 4 rings (SSSR count). The number of carbonyl (C=O) groups excluding carboxylic acids is 1. The number of amides is 1. The number of aryl methyl sites for hydroxylation is 1. The van der Waals surface area contributed by atoms with Crippen LogP contribution in [0.15, 0.2) is 47.1 Å². The summed E-state index contributed by atoms with van der Waals surface area (Å²) in [5.74, 6) is 1.07. The molecule has 3 aromatic rings. The van der Waals surface area contributed by atoms with Crippen LogP contribution in [0.3, 0.4) is 0 Å². The van der Waals surface area contributed by atoms with Crippen LogP contribution in [0.25, 0.3) is 0 Å². The van der Waals surface area contributed by atoms with Crippen LogP contribution < -0.4 is 0 Å². The normalized spacial score (nSPS) is 16.7. The van der Waals surface area contributed by atoms with E-state index in [0.29, 0.717) is 50.1 Å². The highest BCUT2D eigenvalue weighted by molar-refractivity contribution is 5.92. The first-order chi connectivity index (χ1) is 14.8. The molecule has 0 bridgehead atoms. The van der Waals surface area contributed by atoms with Crippen LogP contribution in [0.5, 0.6) is 0 Å². The van der Waals surface area contributed by atoms with Crippen molar-refractivity contribution in [3.05, 3.63) is 65.6 Å². The van der Waals surface area contributed by atoms with Gasteiger partial charge in [-0.25, -0.2) is 0 Å². The van der Waals surface area contributed by atoms with Gasteiger partial charge in [-0.3, -0.25) is 9.48 Å². The molecule has 1 unspecified atom stereocenters. The molecule has 0 N–H and O–H groups in total. The lowest BCUT2D eigenvalue weighted by molar-refractivity contribution is 0.0549. The van der Waals surface area contributed by atoms with Crippen LogP contribution in [0.4, 0.5) is 0 Å². The Morgan fingerprint density at radius 1 is 1.23 bits per heavy atom. The monoisotopic (exact) mass is 409 g/mol. The number of nitrogens with zero attached hydrogens (tertiary/aromatic N) is 5. The van der Waals surface area contributed by atoms with Gasteiger partial charge in [-0.1, -0.05) is 35.5 Å². The van der Waals surface area contributed by atoms with E-state index in [1.54, 1.807) is 16.9 Å². The fourth-order valence-electron chi connectivity index (χ4n) is 3.78. The van der Waals surface area contributed by atoms with Crippen LogP contribution >= 0.6 is 0 Å². The van der Waals surface area contributed by atoms with E-state index < -0.39 is 0 Å². The Morgan fingerprint density at radius 2 is 2.10 bits per heavy atom. The Kier molecular flexibility index (Phi) is 6.53. The molecule has 30 heavy (non-hydrogen) atoms. The minimum Gasteiger partial charge on any atom is -0.376 e. The van der Waals surface area contributed by atoms with E-state index in [9.17, 15) is 4.79 Å². The highest BCUT2D eigenvalue weighted by Gasteiger charge is 2.33. The minimum absolute atomic E-state index is 0.0370. The first kappa shape index (κ1) is 20.3. The highest BCUT2D eigenvalue weighted by Crippen LogP contribution is 2.31. The summed E-state index contributed by atoms with van der Waals surface area (Å²) < 4.78 is 13.0. The summed E-state index contributed by atoms with van der Waals surface area (Å²) in [6.45, 7) is 4.37. The standard InChI is InChI=1S/C22H27N5O3/c1-2-27-19(11-13-23-27)22(28)26-14-7-6-10-18(26)21-24-20(25-30-21)12-15-29-16-17-8-4-3-5-9-17/h3-5,8-9,11,13,18H,2,6-7,10,12,14-16H2,1H3. The second-order valence-electron chi connectivity index (χ2n) is 7.38. The number of hydrogen-bond acceptors (Lipinski definition) is 6. The lowest BCUT2D eigenvalue weighted by Gasteiger charge is -2.33. The van der Waals surface area contributed by atoms with Gasteiger partial charge in [-0.2, -0.15) is 10.1 Å². The third kappa shape index (κ3) is 4.59. The fraction of sp³-hybridized carbons (Fsp3) is 0.455. The Hall–Kier alpha value is -3.00. The van der Waals surface area contributed by atoms with Crippen molar-refractivity contribution < 1.29 is 14.1 Å². The number of benzene rings is 1. The average molecular weight is 409 g/mol. The summed E-state index contributed by atoms with van der Waals surface area (Å²) in [6.07, 6.45) is 5.05. The molecule has 158 valence electrons. The summed E-state index contributed by atoms with van der Waals surface area (Å²) in [6, 6.07) is 11.6. The number of carbonyl (C=O) groups is 1. The van der Waals surface area contributed by atoms with Crippen molar-refractivity contribution in [3.8, 4) is 0 Å². The predicted octanol–water partition coefficient (Wildman–Crippen LogP) is 3.41. The number of hydrogen-bond donors (Lipinski definition) is 0. The van der Waals surface area contributed by atoms with Crippen LogP contribution in [0.2, 0.25) is 0 Å². The molecule has 1 amide bonds. The SMILES string of the molecule is CCn1nccc1C(=O)N1CCCCC1c1nc(CCOCc2ccccc2)no1. The quantitative estimate of drug-likeness (QED) is 0.530. The lowest BCUT2D eigenvalue weighted by atomic mass is 10.0. The van der Waals surface area contributed by atoms with Gasteiger partial charge in [0.25, 0.3) is 5.91 Å². The maximum absolute atomic E-state index is 13.1. The molecule has 1 aliphatic heterocycles. The van der Waals surface area contributed by atoms with Crippen LogP contribution in [0, 0.1) is 0 Å². The van der Waals surface area contributed by atoms with Crippen molar-refractivity contribution in [1.82, 2.24) is 24.8 Å². The van der Waals surface area contributed by atoms with Crippen molar-refractivity contribution in [2.45, 2.75) is 51.8 Å². The molecule has 1 fully saturated rings. The minimum atomic E-state index is -0.196. The van der Waals surface area contributed by atoms with Crippen molar-refractivity contribution in [2.24, 2.45) is 0 Å². The molecule has 1 aliphatic rings. The Bertz CT molecular complexity index is 953.